The van der Waals surface area contributed by atoms with Gasteiger partial charge in [0.1, 0.15) is 11.7 Å². The SMILES string of the molecule is O=C(O)CNC(=O)c1nc(Cl)c2cc(-c3ccccc3)cc(NS(=O)(=O)O)c2c1O. The number of hydrogen-bond donors (Lipinski definition) is 5. The highest BCUT2D eigenvalue weighted by Crippen LogP contribution is 2.40. The lowest BCUT2D eigenvalue weighted by atomic mass is 9.99. The summed E-state index contributed by atoms with van der Waals surface area (Å²) in [6, 6.07) is 11.6. The number of nitrogens with one attached hydrogen (secondary N) is 2. The van der Waals surface area contributed by atoms with E-state index in [2.05, 4.69) is 4.98 Å². The van der Waals surface area contributed by atoms with Gasteiger partial charge in [0.25, 0.3) is 5.91 Å². The van der Waals surface area contributed by atoms with Gasteiger partial charge in [-0.25, -0.2) is 4.98 Å². The van der Waals surface area contributed by atoms with Crippen LogP contribution in [0.25, 0.3) is 21.9 Å². The van der Waals surface area contributed by atoms with Crippen LogP contribution in [0.1, 0.15) is 10.5 Å². The van der Waals surface area contributed by atoms with E-state index in [1.165, 1.54) is 12.1 Å². The number of carbonyl (C=O) groups is 2. The first-order valence-electron chi connectivity index (χ1n) is 8.23. The van der Waals surface area contributed by atoms with Crippen molar-refractivity contribution < 1.29 is 32.8 Å². The summed E-state index contributed by atoms with van der Waals surface area (Å²) in [5.74, 6) is -3.11. The molecule has 1 aromatic heterocycles. The Bertz CT molecular complexity index is 1260. The lowest BCUT2D eigenvalue weighted by Crippen LogP contribution is -2.30. The number of amides is 1. The summed E-state index contributed by atoms with van der Waals surface area (Å²) in [6.45, 7) is -0.737. The Kier molecular flexibility index (Phi) is 5.78. The highest BCUT2D eigenvalue weighted by molar-refractivity contribution is 7.87. The number of anilines is 1. The Labute approximate surface area is 175 Å². The summed E-state index contributed by atoms with van der Waals surface area (Å²) in [4.78, 5) is 26.7. The average molecular weight is 452 g/mol. The Balaban J connectivity index is 2.28. The lowest BCUT2D eigenvalue weighted by Gasteiger charge is -2.15. The number of fused-ring (bicyclic) bond motifs is 1. The topological polar surface area (TPSA) is 166 Å². The summed E-state index contributed by atoms with van der Waals surface area (Å²) in [5.41, 5.74) is 0.291. The first kappa shape index (κ1) is 21.3. The minimum Gasteiger partial charge on any atom is -0.505 e. The maximum atomic E-state index is 12.2. The van der Waals surface area contributed by atoms with E-state index in [9.17, 15) is 27.7 Å². The van der Waals surface area contributed by atoms with Crippen LogP contribution in [-0.2, 0) is 15.1 Å². The van der Waals surface area contributed by atoms with Crippen LogP contribution in [-0.4, -0.2) is 46.6 Å². The number of rotatable bonds is 6. The van der Waals surface area contributed by atoms with Crippen LogP contribution in [0.3, 0.4) is 0 Å². The summed E-state index contributed by atoms with van der Waals surface area (Å²) >= 11 is 6.19. The predicted octanol–water partition coefficient (Wildman–Crippen LogP) is 2.29. The Morgan fingerprint density at radius 1 is 1.10 bits per heavy atom. The third kappa shape index (κ3) is 4.59. The van der Waals surface area contributed by atoms with Crippen molar-refractivity contribution in [1.29, 1.82) is 0 Å². The maximum absolute atomic E-state index is 12.2. The van der Waals surface area contributed by atoms with E-state index in [4.69, 9.17) is 16.7 Å². The number of aromatic hydroxyl groups is 1. The van der Waals surface area contributed by atoms with Crippen molar-refractivity contribution >= 4 is 50.2 Å². The van der Waals surface area contributed by atoms with Gasteiger partial charge in [0, 0.05) is 5.39 Å². The Morgan fingerprint density at radius 3 is 2.37 bits per heavy atom. The van der Waals surface area contributed by atoms with Gasteiger partial charge in [0.2, 0.25) is 0 Å². The number of hydrogen-bond acceptors (Lipinski definition) is 6. The molecule has 156 valence electrons. The zero-order chi connectivity index (χ0) is 22.1. The number of carboxylic acids is 1. The molecular formula is C18H14ClN3O7S. The van der Waals surface area contributed by atoms with Crippen molar-refractivity contribution in [3.05, 3.63) is 53.3 Å². The number of benzene rings is 2. The number of carboxylic acid groups (broad SMARTS) is 1. The highest BCUT2D eigenvalue weighted by atomic mass is 35.5. The maximum Gasteiger partial charge on any atom is 0.357 e. The van der Waals surface area contributed by atoms with Gasteiger partial charge in [-0.15, -0.1) is 0 Å². The van der Waals surface area contributed by atoms with Gasteiger partial charge in [-0.1, -0.05) is 41.9 Å². The van der Waals surface area contributed by atoms with E-state index in [1.807, 2.05) is 10.0 Å². The van der Waals surface area contributed by atoms with Gasteiger partial charge >= 0.3 is 16.3 Å². The van der Waals surface area contributed by atoms with Gasteiger partial charge in [-0.2, -0.15) is 8.42 Å². The smallest absolute Gasteiger partial charge is 0.357 e. The third-order valence-electron chi connectivity index (χ3n) is 3.99. The molecule has 0 unspecified atom stereocenters. The average Bonchev–Trinajstić information content (AvgIpc) is 2.67. The van der Waals surface area contributed by atoms with E-state index in [0.717, 1.165) is 0 Å². The van der Waals surface area contributed by atoms with Gasteiger partial charge in [0.05, 0.1) is 11.1 Å². The first-order valence-corrected chi connectivity index (χ1v) is 10.1. The second-order valence-electron chi connectivity index (χ2n) is 6.07. The van der Waals surface area contributed by atoms with Crippen molar-refractivity contribution in [2.75, 3.05) is 11.3 Å². The van der Waals surface area contributed by atoms with Crippen molar-refractivity contribution in [1.82, 2.24) is 10.3 Å². The molecule has 10 nitrogen and oxygen atoms in total. The fourth-order valence-electron chi connectivity index (χ4n) is 2.80. The molecule has 0 aliphatic rings. The fraction of sp³-hybridized carbons (Fsp3) is 0.0556. The molecule has 0 spiro atoms. The predicted molar refractivity (Wildman–Crippen MR) is 109 cm³/mol. The molecule has 0 bridgehead atoms. The molecule has 12 heteroatoms. The van der Waals surface area contributed by atoms with E-state index < -0.39 is 40.2 Å². The quantitative estimate of drug-likeness (QED) is 0.281. The molecule has 3 rings (SSSR count). The summed E-state index contributed by atoms with van der Waals surface area (Å²) in [6.07, 6.45) is 0. The summed E-state index contributed by atoms with van der Waals surface area (Å²) in [7, 11) is -4.75. The molecular weight excluding hydrogens is 438 g/mol. The van der Waals surface area contributed by atoms with Crippen LogP contribution in [0.4, 0.5) is 5.69 Å². The lowest BCUT2D eigenvalue weighted by molar-refractivity contribution is -0.135. The fourth-order valence-corrected chi connectivity index (χ4v) is 3.48. The molecule has 3 aromatic rings. The number of carbonyl (C=O) groups excluding carboxylic acids is 1. The second kappa shape index (κ2) is 8.14. The van der Waals surface area contributed by atoms with Gasteiger partial charge < -0.3 is 15.5 Å². The molecule has 30 heavy (non-hydrogen) atoms. The molecule has 2 aromatic carbocycles. The van der Waals surface area contributed by atoms with Crippen LogP contribution in [0.15, 0.2) is 42.5 Å². The third-order valence-corrected chi connectivity index (χ3v) is 4.76. The molecule has 1 heterocycles. The number of aromatic nitrogens is 1. The van der Waals surface area contributed by atoms with Crippen molar-refractivity contribution in [2.24, 2.45) is 0 Å². The number of pyridine rings is 1. The highest BCUT2D eigenvalue weighted by Gasteiger charge is 2.23. The van der Waals surface area contributed by atoms with Crippen molar-refractivity contribution in [3.8, 4) is 16.9 Å². The van der Waals surface area contributed by atoms with Gasteiger partial charge in [-0.05, 0) is 23.3 Å². The molecule has 0 aliphatic carbocycles. The van der Waals surface area contributed by atoms with Crippen LogP contribution in [0, 0.1) is 0 Å². The summed E-state index contributed by atoms with van der Waals surface area (Å²) < 4.78 is 34.0. The van der Waals surface area contributed by atoms with E-state index >= 15 is 0 Å². The second-order valence-corrected chi connectivity index (χ2v) is 7.58. The number of halogens is 1. The van der Waals surface area contributed by atoms with Gasteiger partial charge in [0.15, 0.2) is 11.4 Å². The van der Waals surface area contributed by atoms with Crippen molar-refractivity contribution in [3.63, 3.8) is 0 Å². The number of aliphatic carboxylic acids is 1. The monoisotopic (exact) mass is 451 g/mol. The minimum absolute atomic E-state index is 0.0939. The van der Waals surface area contributed by atoms with Crippen LogP contribution in [0.2, 0.25) is 5.15 Å². The van der Waals surface area contributed by atoms with Crippen LogP contribution < -0.4 is 10.0 Å². The zero-order valence-electron chi connectivity index (χ0n) is 15.0. The Hall–Kier alpha value is -3.41. The number of nitrogens with zero attached hydrogens (tertiary/aromatic N) is 1. The minimum atomic E-state index is -4.75. The van der Waals surface area contributed by atoms with E-state index in [-0.39, 0.29) is 21.6 Å². The molecule has 0 saturated heterocycles. The molecule has 0 atom stereocenters. The van der Waals surface area contributed by atoms with Crippen LogP contribution in [0.5, 0.6) is 5.75 Å². The zero-order valence-corrected chi connectivity index (χ0v) is 16.5. The van der Waals surface area contributed by atoms with E-state index in [0.29, 0.717) is 11.1 Å². The molecule has 5 N–H and O–H groups in total. The summed E-state index contributed by atoms with van der Waals surface area (Å²) in [5, 5.41) is 21.0. The molecule has 0 aliphatic heterocycles. The normalized spacial score (nSPS) is 11.3. The first-order chi connectivity index (χ1) is 14.1. The van der Waals surface area contributed by atoms with E-state index in [1.54, 1.807) is 30.3 Å². The molecule has 0 radical (unpaired) electrons. The van der Waals surface area contributed by atoms with Crippen LogP contribution >= 0.6 is 11.6 Å². The van der Waals surface area contributed by atoms with Crippen molar-refractivity contribution in [2.45, 2.75) is 0 Å². The molecule has 1 amide bonds. The molecule has 0 saturated carbocycles. The Morgan fingerprint density at radius 2 is 1.77 bits per heavy atom. The molecule has 0 fully saturated rings. The van der Waals surface area contributed by atoms with Gasteiger partial charge in [-0.3, -0.25) is 18.9 Å². The largest absolute Gasteiger partial charge is 0.505 e. The standard InChI is InChI=1S/C18H14ClN3O7S/c19-17-11-6-10(9-4-2-1-3-5-9)7-12(22-30(27,28)29)14(11)16(25)15(21-17)18(26)20-8-13(23)24/h1-7,22,25H,8H2,(H,20,26)(H,23,24)(H,27,28,29).